The lowest BCUT2D eigenvalue weighted by Gasteiger charge is -2.26. The lowest BCUT2D eigenvalue weighted by atomic mass is 10.0. The second-order valence-corrected chi connectivity index (χ2v) is 7.20. The van der Waals surface area contributed by atoms with Gasteiger partial charge in [0, 0.05) is 25.2 Å². The molecule has 2 atom stereocenters. The summed E-state index contributed by atoms with van der Waals surface area (Å²) in [6.45, 7) is 10.1. The van der Waals surface area contributed by atoms with E-state index < -0.39 is 0 Å². The Morgan fingerprint density at radius 1 is 0.958 bits per heavy atom. The molecule has 0 aliphatic heterocycles. The Morgan fingerprint density at radius 2 is 1.71 bits per heavy atom. The van der Waals surface area contributed by atoms with Crippen LogP contribution in [0, 0.1) is 5.92 Å². The van der Waals surface area contributed by atoms with E-state index in [1.807, 2.05) is 7.05 Å². The number of aryl methyl sites for hydroxylation is 1. The molecule has 24 heavy (non-hydrogen) atoms. The summed E-state index contributed by atoms with van der Waals surface area (Å²) in [7, 11) is 2.03. The van der Waals surface area contributed by atoms with Gasteiger partial charge in [-0.05, 0) is 50.8 Å². The second-order valence-electron chi connectivity index (χ2n) is 7.20. The van der Waals surface area contributed by atoms with Gasteiger partial charge in [0.2, 0.25) is 0 Å². The lowest BCUT2D eigenvalue weighted by Crippen LogP contribution is -2.47. The predicted octanol–water partition coefficient (Wildman–Crippen LogP) is 3.60. The molecule has 1 rings (SSSR count). The Hall–Kier alpha value is -0.900. The van der Waals surface area contributed by atoms with E-state index in [1.165, 1.54) is 37.7 Å². The number of benzene rings is 1. The Labute approximate surface area is 150 Å². The maximum absolute atomic E-state index is 3.76. The molecule has 0 radical (unpaired) electrons. The van der Waals surface area contributed by atoms with E-state index in [2.05, 4.69) is 67.1 Å². The molecule has 0 aliphatic rings. The van der Waals surface area contributed by atoms with Crippen LogP contribution in [0.5, 0.6) is 0 Å². The minimum atomic E-state index is 0.550. The second kappa shape index (κ2) is 13.4. The summed E-state index contributed by atoms with van der Waals surface area (Å²) in [5, 5.41) is 10.8. The first-order chi connectivity index (χ1) is 11.7. The minimum absolute atomic E-state index is 0.550. The lowest BCUT2D eigenvalue weighted by molar-refractivity contribution is 0.350. The molecule has 0 aliphatic carbocycles. The van der Waals surface area contributed by atoms with Gasteiger partial charge in [-0.15, -0.1) is 0 Å². The Bertz CT molecular complexity index is 391. The summed E-state index contributed by atoms with van der Waals surface area (Å²) in [5.74, 6) is 0.658. The van der Waals surface area contributed by atoms with Gasteiger partial charge in [-0.2, -0.15) is 0 Å². The Kier molecular flexibility index (Phi) is 11.8. The molecule has 0 fully saturated rings. The van der Waals surface area contributed by atoms with Gasteiger partial charge in [-0.1, -0.05) is 57.5 Å². The topological polar surface area (TPSA) is 36.1 Å². The largest absolute Gasteiger partial charge is 0.318 e. The van der Waals surface area contributed by atoms with Crippen LogP contribution >= 0.6 is 0 Å². The van der Waals surface area contributed by atoms with Gasteiger partial charge in [0.25, 0.3) is 0 Å². The quantitative estimate of drug-likeness (QED) is 0.455. The number of hydrogen-bond acceptors (Lipinski definition) is 3. The van der Waals surface area contributed by atoms with Gasteiger partial charge in [-0.25, -0.2) is 0 Å². The zero-order valence-electron chi connectivity index (χ0n) is 16.3. The highest BCUT2D eigenvalue weighted by Crippen LogP contribution is 2.05. The van der Waals surface area contributed by atoms with E-state index in [1.54, 1.807) is 0 Å². The van der Waals surface area contributed by atoms with Crippen molar-refractivity contribution in [2.45, 2.75) is 65.0 Å². The summed E-state index contributed by atoms with van der Waals surface area (Å²) >= 11 is 0. The van der Waals surface area contributed by atoms with Crippen molar-refractivity contribution in [1.29, 1.82) is 0 Å². The summed E-state index contributed by atoms with van der Waals surface area (Å²) in [5.41, 5.74) is 1.45. The molecule has 0 aromatic heterocycles. The molecule has 3 N–H and O–H groups in total. The van der Waals surface area contributed by atoms with E-state index in [4.69, 9.17) is 0 Å². The zero-order valence-corrected chi connectivity index (χ0v) is 16.3. The van der Waals surface area contributed by atoms with Crippen molar-refractivity contribution in [3.63, 3.8) is 0 Å². The smallest absolute Gasteiger partial charge is 0.0215 e. The van der Waals surface area contributed by atoms with Crippen LogP contribution in [0.25, 0.3) is 0 Å². The van der Waals surface area contributed by atoms with Gasteiger partial charge in [-0.3, -0.25) is 0 Å². The fourth-order valence-corrected chi connectivity index (χ4v) is 3.09. The third-order valence-electron chi connectivity index (χ3n) is 4.66. The summed E-state index contributed by atoms with van der Waals surface area (Å²) in [6, 6.07) is 11.9. The SMILES string of the molecule is CCC[C@@H](CN[C@@H](CNC)C(C)C)NCCCCc1ccccc1. The first-order valence-electron chi connectivity index (χ1n) is 9.82. The highest BCUT2D eigenvalue weighted by molar-refractivity contribution is 5.14. The van der Waals surface area contributed by atoms with Crippen molar-refractivity contribution in [3.8, 4) is 0 Å². The molecule has 0 unspecified atom stereocenters. The van der Waals surface area contributed by atoms with Gasteiger partial charge >= 0.3 is 0 Å². The number of nitrogens with one attached hydrogen (secondary N) is 3. The van der Waals surface area contributed by atoms with Crippen LogP contribution in [0.4, 0.5) is 0 Å². The maximum atomic E-state index is 3.76. The van der Waals surface area contributed by atoms with Crippen molar-refractivity contribution < 1.29 is 0 Å². The van der Waals surface area contributed by atoms with Crippen LogP contribution in [0.2, 0.25) is 0 Å². The molecule has 1 aromatic rings. The van der Waals surface area contributed by atoms with Crippen LogP contribution in [-0.4, -0.2) is 38.8 Å². The van der Waals surface area contributed by atoms with Crippen LogP contribution < -0.4 is 16.0 Å². The van der Waals surface area contributed by atoms with E-state index in [-0.39, 0.29) is 0 Å². The van der Waals surface area contributed by atoms with Gasteiger partial charge in [0.05, 0.1) is 0 Å². The predicted molar refractivity (Wildman–Crippen MR) is 107 cm³/mol. The summed E-state index contributed by atoms with van der Waals surface area (Å²) in [4.78, 5) is 0. The third-order valence-corrected chi connectivity index (χ3v) is 4.66. The molecule has 0 saturated heterocycles. The van der Waals surface area contributed by atoms with Crippen molar-refractivity contribution in [2.75, 3.05) is 26.7 Å². The monoisotopic (exact) mass is 333 g/mol. The van der Waals surface area contributed by atoms with Crippen molar-refractivity contribution >= 4 is 0 Å². The van der Waals surface area contributed by atoms with E-state index in [0.717, 1.165) is 19.6 Å². The number of hydrogen-bond donors (Lipinski definition) is 3. The van der Waals surface area contributed by atoms with E-state index in [0.29, 0.717) is 18.0 Å². The van der Waals surface area contributed by atoms with E-state index >= 15 is 0 Å². The highest BCUT2D eigenvalue weighted by atomic mass is 15.0. The maximum Gasteiger partial charge on any atom is 0.0215 e. The molecule has 3 nitrogen and oxygen atoms in total. The molecule has 138 valence electrons. The first-order valence-corrected chi connectivity index (χ1v) is 9.82. The third kappa shape index (κ3) is 9.41. The van der Waals surface area contributed by atoms with Crippen molar-refractivity contribution in [3.05, 3.63) is 35.9 Å². The van der Waals surface area contributed by atoms with E-state index in [9.17, 15) is 0 Å². The fourth-order valence-electron chi connectivity index (χ4n) is 3.09. The fraction of sp³-hybridized carbons (Fsp3) is 0.714. The number of unbranched alkanes of at least 4 members (excludes halogenated alkanes) is 1. The van der Waals surface area contributed by atoms with Crippen LogP contribution in [-0.2, 0) is 6.42 Å². The van der Waals surface area contributed by atoms with Crippen molar-refractivity contribution in [1.82, 2.24) is 16.0 Å². The Balaban J connectivity index is 2.22. The molecule has 0 amide bonds. The molecule has 0 saturated carbocycles. The normalized spacial score (nSPS) is 14.0. The standard InChI is InChI=1S/C21H39N3/c1-5-11-20(16-24-21(17-22-4)18(2)3)23-15-10-9-14-19-12-7-6-8-13-19/h6-8,12-13,18,20-24H,5,9-11,14-17H2,1-4H3/t20-,21-/m0/s1. The average Bonchev–Trinajstić information content (AvgIpc) is 2.58. The average molecular weight is 334 g/mol. The van der Waals surface area contributed by atoms with Crippen molar-refractivity contribution in [2.24, 2.45) is 5.92 Å². The number of rotatable bonds is 14. The van der Waals surface area contributed by atoms with Gasteiger partial charge in [0.15, 0.2) is 0 Å². The first kappa shape index (κ1) is 21.1. The molecular formula is C21H39N3. The molecular weight excluding hydrogens is 294 g/mol. The van der Waals surface area contributed by atoms with Crippen LogP contribution in [0.3, 0.4) is 0 Å². The molecule has 3 heteroatoms. The Morgan fingerprint density at radius 3 is 2.33 bits per heavy atom. The van der Waals surface area contributed by atoms with Gasteiger partial charge in [0.1, 0.15) is 0 Å². The molecule has 0 heterocycles. The zero-order chi connectivity index (χ0) is 17.6. The minimum Gasteiger partial charge on any atom is -0.318 e. The molecule has 0 bridgehead atoms. The summed E-state index contributed by atoms with van der Waals surface area (Å²) < 4.78 is 0. The summed E-state index contributed by atoms with van der Waals surface area (Å²) in [6.07, 6.45) is 6.19. The van der Waals surface area contributed by atoms with Crippen LogP contribution in [0.1, 0.15) is 52.0 Å². The number of likely N-dealkylation sites (N-methyl/N-ethyl adjacent to an activating group) is 1. The molecule has 1 aromatic carbocycles. The van der Waals surface area contributed by atoms with Gasteiger partial charge < -0.3 is 16.0 Å². The highest BCUT2D eigenvalue weighted by Gasteiger charge is 2.14. The molecule has 0 spiro atoms. The van der Waals surface area contributed by atoms with Crippen LogP contribution in [0.15, 0.2) is 30.3 Å².